The van der Waals surface area contributed by atoms with Crippen LogP contribution in [0.25, 0.3) is 0 Å². The average molecular weight is 264 g/mol. The molecule has 2 rings (SSSR count). The molecule has 19 heavy (non-hydrogen) atoms. The Hall–Kier alpha value is -1.75. The molecule has 104 valence electrons. The van der Waals surface area contributed by atoms with E-state index in [0.717, 1.165) is 25.9 Å². The van der Waals surface area contributed by atoms with Crippen molar-refractivity contribution in [3.63, 3.8) is 0 Å². The Balaban J connectivity index is 1.87. The van der Waals surface area contributed by atoms with E-state index in [2.05, 4.69) is 10.6 Å². The Labute approximate surface area is 113 Å². The van der Waals surface area contributed by atoms with Crippen LogP contribution < -0.4 is 15.4 Å². The van der Waals surface area contributed by atoms with Crippen LogP contribution in [0.5, 0.6) is 11.5 Å². The molecule has 0 aromatic heterocycles. The maximum Gasteiger partial charge on any atom is 0.224 e. The van der Waals surface area contributed by atoms with Gasteiger partial charge in [-0.3, -0.25) is 4.79 Å². The van der Waals surface area contributed by atoms with E-state index in [-0.39, 0.29) is 11.7 Å². The Morgan fingerprint density at radius 1 is 1.58 bits per heavy atom. The van der Waals surface area contributed by atoms with Crippen LogP contribution in [0.15, 0.2) is 18.2 Å². The first-order valence-corrected chi connectivity index (χ1v) is 6.56. The highest BCUT2D eigenvalue weighted by Crippen LogP contribution is 2.28. The Kier molecular flexibility index (Phi) is 4.63. The number of hydrogen-bond donors (Lipinski definition) is 3. The number of carbonyl (C=O) groups excluding carboxylic acids is 1. The van der Waals surface area contributed by atoms with Gasteiger partial charge in [-0.15, -0.1) is 0 Å². The zero-order valence-corrected chi connectivity index (χ0v) is 11.1. The summed E-state index contributed by atoms with van der Waals surface area (Å²) in [6.45, 7) is 2.04. The predicted molar refractivity (Wildman–Crippen MR) is 73.5 cm³/mol. The summed E-state index contributed by atoms with van der Waals surface area (Å²) in [5, 5.41) is 15.7. The number of phenols is 1. The van der Waals surface area contributed by atoms with E-state index in [4.69, 9.17) is 4.74 Å². The normalized spacial score (nSPS) is 18.3. The highest BCUT2D eigenvalue weighted by molar-refractivity contribution is 5.92. The fraction of sp³-hybridized carbons (Fsp3) is 0.500. The molecule has 1 heterocycles. The lowest BCUT2D eigenvalue weighted by Crippen LogP contribution is -2.15. The van der Waals surface area contributed by atoms with E-state index in [1.54, 1.807) is 19.2 Å². The Bertz CT molecular complexity index is 442. The molecule has 1 aromatic carbocycles. The molecule has 0 saturated carbocycles. The number of rotatable bonds is 5. The van der Waals surface area contributed by atoms with Crippen molar-refractivity contribution in [3.05, 3.63) is 18.2 Å². The fourth-order valence-electron chi connectivity index (χ4n) is 2.25. The highest BCUT2D eigenvalue weighted by atomic mass is 16.5. The molecule has 1 unspecified atom stereocenters. The number of anilines is 1. The van der Waals surface area contributed by atoms with Gasteiger partial charge in [0, 0.05) is 12.5 Å². The van der Waals surface area contributed by atoms with Gasteiger partial charge < -0.3 is 20.5 Å². The van der Waals surface area contributed by atoms with Crippen LogP contribution in [0, 0.1) is 5.92 Å². The van der Waals surface area contributed by atoms with Gasteiger partial charge in [-0.05, 0) is 44.0 Å². The largest absolute Gasteiger partial charge is 0.506 e. The third-order valence-electron chi connectivity index (χ3n) is 3.42. The molecule has 0 bridgehead atoms. The lowest BCUT2D eigenvalue weighted by molar-refractivity contribution is -0.116. The third-order valence-corrected chi connectivity index (χ3v) is 3.42. The second kappa shape index (κ2) is 6.43. The van der Waals surface area contributed by atoms with Crippen molar-refractivity contribution in [2.24, 2.45) is 5.92 Å². The minimum absolute atomic E-state index is 0.0525. The van der Waals surface area contributed by atoms with Gasteiger partial charge in [0.2, 0.25) is 5.91 Å². The standard InChI is InChI=1S/C14H20N2O3/c1-19-11-3-4-13(17)12(8-11)16-14(18)5-2-10-6-7-15-9-10/h3-4,8,10,15,17H,2,5-7,9H2,1H3,(H,16,18). The molecule has 1 atom stereocenters. The van der Waals surface area contributed by atoms with E-state index in [1.165, 1.54) is 6.07 Å². The number of carbonyl (C=O) groups is 1. The van der Waals surface area contributed by atoms with Gasteiger partial charge in [0.25, 0.3) is 0 Å². The van der Waals surface area contributed by atoms with Crippen LogP contribution in [-0.2, 0) is 4.79 Å². The van der Waals surface area contributed by atoms with Gasteiger partial charge in [0.15, 0.2) is 0 Å². The van der Waals surface area contributed by atoms with E-state index in [1.807, 2.05) is 0 Å². The molecule has 5 nitrogen and oxygen atoms in total. The second-order valence-electron chi connectivity index (χ2n) is 4.83. The quantitative estimate of drug-likeness (QED) is 0.708. The maximum absolute atomic E-state index is 11.8. The summed E-state index contributed by atoms with van der Waals surface area (Å²) in [6, 6.07) is 4.77. The van der Waals surface area contributed by atoms with E-state index >= 15 is 0 Å². The lowest BCUT2D eigenvalue weighted by atomic mass is 10.0. The van der Waals surface area contributed by atoms with Crippen LogP contribution in [0.4, 0.5) is 5.69 Å². The summed E-state index contributed by atoms with van der Waals surface area (Å²) < 4.78 is 5.06. The number of aromatic hydroxyl groups is 1. The van der Waals surface area contributed by atoms with Gasteiger partial charge in [-0.25, -0.2) is 0 Å². The molecule has 0 aliphatic carbocycles. The minimum atomic E-state index is -0.0737. The third kappa shape index (κ3) is 3.86. The summed E-state index contributed by atoms with van der Waals surface area (Å²) >= 11 is 0. The van der Waals surface area contributed by atoms with Gasteiger partial charge >= 0.3 is 0 Å². The van der Waals surface area contributed by atoms with Gasteiger partial charge in [0.1, 0.15) is 11.5 Å². The van der Waals surface area contributed by atoms with Gasteiger partial charge in [-0.2, -0.15) is 0 Å². The number of benzene rings is 1. The highest BCUT2D eigenvalue weighted by Gasteiger charge is 2.16. The number of hydrogen-bond acceptors (Lipinski definition) is 4. The van der Waals surface area contributed by atoms with E-state index < -0.39 is 0 Å². The molecule has 1 aromatic rings. The smallest absolute Gasteiger partial charge is 0.224 e. The topological polar surface area (TPSA) is 70.6 Å². The summed E-state index contributed by atoms with van der Waals surface area (Å²) in [4.78, 5) is 11.8. The maximum atomic E-state index is 11.8. The number of phenolic OH excluding ortho intramolecular Hbond substituents is 1. The first kappa shape index (κ1) is 13.7. The van der Waals surface area contributed by atoms with E-state index in [0.29, 0.717) is 23.8 Å². The van der Waals surface area contributed by atoms with Crippen molar-refractivity contribution in [3.8, 4) is 11.5 Å². The van der Waals surface area contributed by atoms with Crippen LogP contribution in [-0.4, -0.2) is 31.2 Å². The number of ether oxygens (including phenoxy) is 1. The first-order chi connectivity index (χ1) is 9.19. The van der Waals surface area contributed by atoms with Crippen molar-refractivity contribution in [2.75, 3.05) is 25.5 Å². The molecule has 1 fully saturated rings. The molecule has 0 radical (unpaired) electrons. The summed E-state index contributed by atoms with van der Waals surface area (Å²) in [5.41, 5.74) is 0.397. The summed E-state index contributed by atoms with van der Waals surface area (Å²) in [5.74, 6) is 1.17. The second-order valence-corrected chi connectivity index (χ2v) is 4.83. The van der Waals surface area contributed by atoms with Crippen molar-refractivity contribution in [1.82, 2.24) is 5.32 Å². The van der Waals surface area contributed by atoms with Crippen molar-refractivity contribution >= 4 is 11.6 Å². The number of amides is 1. The Morgan fingerprint density at radius 2 is 2.42 bits per heavy atom. The van der Waals surface area contributed by atoms with E-state index in [9.17, 15) is 9.90 Å². The van der Waals surface area contributed by atoms with Gasteiger partial charge in [0.05, 0.1) is 12.8 Å². The monoisotopic (exact) mass is 264 g/mol. The van der Waals surface area contributed by atoms with Crippen LogP contribution in [0.3, 0.4) is 0 Å². The fourth-order valence-corrected chi connectivity index (χ4v) is 2.25. The molecular weight excluding hydrogens is 244 g/mol. The zero-order valence-electron chi connectivity index (χ0n) is 11.1. The molecular formula is C14H20N2O3. The lowest BCUT2D eigenvalue weighted by Gasteiger charge is -2.10. The summed E-state index contributed by atoms with van der Waals surface area (Å²) in [7, 11) is 1.55. The summed E-state index contributed by atoms with van der Waals surface area (Å²) in [6.07, 6.45) is 2.49. The predicted octanol–water partition coefficient (Wildman–Crippen LogP) is 1.73. The zero-order chi connectivity index (χ0) is 13.7. The number of methoxy groups -OCH3 is 1. The molecule has 1 amide bonds. The Morgan fingerprint density at radius 3 is 3.11 bits per heavy atom. The minimum Gasteiger partial charge on any atom is -0.506 e. The van der Waals surface area contributed by atoms with Crippen molar-refractivity contribution < 1.29 is 14.6 Å². The molecule has 3 N–H and O–H groups in total. The van der Waals surface area contributed by atoms with Crippen molar-refractivity contribution in [2.45, 2.75) is 19.3 Å². The SMILES string of the molecule is COc1ccc(O)c(NC(=O)CCC2CCNC2)c1. The molecule has 1 aliphatic heterocycles. The van der Waals surface area contributed by atoms with Crippen LogP contribution in [0.1, 0.15) is 19.3 Å². The molecule has 5 heteroatoms. The van der Waals surface area contributed by atoms with Crippen molar-refractivity contribution in [1.29, 1.82) is 0 Å². The molecule has 1 saturated heterocycles. The average Bonchev–Trinajstić information content (AvgIpc) is 2.92. The molecule has 1 aliphatic rings. The first-order valence-electron chi connectivity index (χ1n) is 6.56. The van der Waals surface area contributed by atoms with Gasteiger partial charge in [-0.1, -0.05) is 0 Å². The van der Waals surface area contributed by atoms with Crippen LogP contribution in [0.2, 0.25) is 0 Å². The number of nitrogens with one attached hydrogen (secondary N) is 2. The van der Waals surface area contributed by atoms with Crippen LogP contribution >= 0.6 is 0 Å². The molecule has 0 spiro atoms.